The number of hydrogen-bond acceptors (Lipinski definition) is 9. The van der Waals surface area contributed by atoms with Gasteiger partial charge in [-0.1, -0.05) is 0 Å². The number of likely N-dealkylation sites (tertiary alicyclic amines) is 1. The first-order valence-corrected chi connectivity index (χ1v) is 13.1. The molecule has 3 saturated heterocycles. The Balaban J connectivity index is 1.18. The van der Waals surface area contributed by atoms with Crippen LogP contribution < -0.4 is 9.64 Å². The molecule has 3 aliphatic rings. The molecule has 6 rings (SSSR count). The van der Waals surface area contributed by atoms with Crippen molar-refractivity contribution in [2.75, 3.05) is 57.9 Å². The van der Waals surface area contributed by atoms with Gasteiger partial charge >= 0.3 is 6.09 Å². The van der Waals surface area contributed by atoms with Crippen LogP contribution in [0.2, 0.25) is 0 Å². The minimum atomic E-state index is -0.509. The summed E-state index contributed by atoms with van der Waals surface area (Å²) in [6, 6.07) is 3.71. The monoisotopic (exact) mass is 539 g/mol. The standard InChI is InChI=1S/C26H30FN7O5/c1-31-15-18(13-22(31)35)39-26(36)33-9-7-32(8-10-33)24-21(27)16-34-23(30-24)20(14-29-34)19-3-2-6-28-25(19)38-17-4-11-37-12-5-17/h2-3,6,14,16-18H,4-5,7-13,15H2,1H3/t18-/m0/s1. The topological polar surface area (TPSA) is 115 Å². The van der Waals surface area contributed by atoms with Crippen LogP contribution in [0.15, 0.2) is 30.7 Å². The van der Waals surface area contributed by atoms with Gasteiger partial charge in [-0.05, 0) is 12.1 Å². The van der Waals surface area contributed by atoms with E-state index in [9.17, 15) is 9.59 Å². The Morgan fingerprint density at radius 1 is 1.13 bits per heavy atom. The normalized spacial score (nSPS) is 20.6. The van der Waals surface area contributed by atoms with Crippen molar-refractivity contribution >= 4 is 23.5 Å². The zero-order valence-electron chi connectivity index (χ0n) is 21.7. The third-order valence-electron chi connectivity index (χ3n) is 7.35. The molecule has 1 atom stereocenters. The van der Waals surface area contributed by atoms with Crippen molar-refractivity contribution in [3.63, 3.8) is 0 Å². The van der Waals surface area contributed by atoms with Crippen molar-refractivity contribution in [2.45, 2.75) is 31.5 Å². The molecule has 3 fully saturated rings. The number of piperazine rings is 1. The Morgan fingerprint density at radius 2 is 1.92 bits per heavy atom. The summed E-state index contributed by atoms with van der Waals surface area (Å²) in [4.78, 5) is 38.4. The molecule has 12 nitrogen and oxygen atoms in total. The second-order valence-corrected chi connectivity index (χ2v) is 9.98. The molecule has 3 aromatic heterocycles. The van der Waals surface area contributed by atoms with Gasteiger partial charge in [-0.15, -0.1) is 0 Å². The molecule has 206 valence electrons. The molecule has 0 aliphatic carbocycles. The first-order chi connectivity index (χ1) is 19.0. The van der Waals surface area contributed by atoms with E-state index in [4.69, 9.17) is 14.2 Å². The number of likely N-dealkylation sites (N-methyl/N-ethyl adjacent to an activating group) is 1. The van der Waals surface area contributed by atoms with Crippen molar-refractivity contribution in [1.82, 2.24) is 29.4 Å². The zero-order valence-corrected chi connectivity index (χ0v) is 21.7. The van der Waals surface area contributed by atoms with Gasteiger partial charge in [0.15, 0.2) is 17.3 Å². The fourth-order valence-electron chi connectivity index (χ4n) is 5.15. The predicted molar refractivity (Wildman–Crippen MR) is 137 cm³/mol. The predicted octanol–water partition coefficient (Wildman–Crippen LogP) is 1.98. The number of halogens is 1. The Kier molecular flexibility index (Phi) is 6.90. The number of hydrogen-bond donors (Lipinski definition) is 0. The molecular formula is C26H30FN7O5. The molecule has 6 heterocycles. The third-order valence-corrected chi connectivity index (χ3v) is 7.35. The minimum absolute atomic E-state index is 0.00764. The van der Waals surface area contributed by atoms with Gasteiger partial charge in [-0.2, -0.15) is 5.10 Å². The smallest absolute Gasteiger partial charge is 0.410 e. The highest BCUT2D eigenvalue weighted by Crippen LogP contribution is 2.33. The van der Waals surface area contributed by atoms with Gasteiger partial charge in [0.2, 0.25) is 11.8 Å². The van der Waals surface area contributed by atoms with Crippen LogP contribution in [-0.2, 0) is 14.3 Å². The lowest BCUT2D eigenvalue weighted by Crippen LogP contribution is -2.50. The van der Waals surface area contributed by atoms with Crippen molar-refractivity contribution in [1.29, 1.82) is 0 Å². The van der Waals surface area contributed by atoms with Gasteiger partial charge in [0.1, 0.15) is 12.2 Å². The third kappa shape index (κ3) is 5.18. The maximum absolute atomic E-state index is 15.1. The number of carbonyl (C=O) groups excluding carboxylic acids is 2. The average Bonchev–Trinajstić information content (AvgIpc) is 3.50. The largest absolute Gasteiger partial charge is 0.474 e. The van der Waals surface area contributed by atoms with Crippen LogP contribution in [0.4, 0.5) is 15.0 Å². The van der Waals surface area contributed by atoms with Gasteiger partial charge in [0, 0.05) is 57.8 Å². The fraction of sp³-hybridized carbons (Fsp3) is 0.500. The number of rotatable bonds is 5. The molecule has 39 heavy (non-hydrogen) atoms. The zero-order chi connectivity index (χ0) is 26.9. The average molecular weight is 540 g/mol. The van der Waals surface area contributed by atoms with Gasteiger partial charge in [0.05, 0.1) is 44.1 Å². The Morgan fingerprint density at radius 3 is 2.67 bits per heavy atom. The summed E-state index contributed by atoms with van der Waals surface area (Å²) in [5.74, 6) is 0.123. The van der Waals surface area contributed by atoms with Crippen LogP contribution in [-0.4, -0.2) is 107 Å². The summed E-state index contributed by atoms with van der Waals surface area (Å²) < 4.78 is 33.7. The van der Waals surface area contributed by atoms with Crippen LogP contribution in [0.25, 0.3) is 16.8 Å². The molecule has 0 radical (unpaired) electrons. The van der Waals surface area contributed by atoms with Crippen LogP contribution in [0.3, 0.4) is 0 Å². The van der Waals surface area contributed by atoms with E-state index in [1.807, 2.05) is 17.0 Å². The van der Waals surface area contributed by atoms with E-state index in [1.54, 1.807) is 29.2 Å². The number of anilines is 1. The maximum Gasteiger partial charge on any atom is 0.410 e. The number of pyridine rings is 1. The summed E-state index contributed by atoms with van der Waals surface area (Å²) in [6.07, 6.45) is 5.50. The van der Waals surface area contributed by atoms with Crippen molar-refractivity contribution in [3.05, 3.63) is 36.5 Å². The number of amides is 2. The lowest BCUT2D eigenvalue weighted by Gasteiger charge is -2.35. The first kappa shape index (κ1) is 25.3. The first-order valence-electron chi connectivity index (χ1n) is 13.1. The van der Waals surface area contributed by atoms with Crippen LogP contribution in [0, 0.1) is 5.82 Å². The van der Waals surface area contributed by atoms with Crippen LogP contribution in [0.5, 0.6) is 5.88 Å². The number of fused-ring (bicyclic) bond motifs is 1. The highest BCUT2D eigenvalue weighted by Gasteiger charge is 2.32. The minimum Gasteiger partial charge on any atom is -0.474 e. The molecule has 3 aromatic rings. The van der Waals surface area contributed by atoms with Crippen molar-refractivity contribution < 1.29 is 28.2 Å². The van der Waals surface area contributed by atoms with Gasteiger partial charge in [-0.3, -0.25) is 4.79 Å². The highest BCUT2D eigenvalue weighted by atomic mass is 19.1. The number of aromatic nitrogens is 4. The van der Waals surface area contributed by atoms with Crippen LogP contribution in [0.1, 0.15) is 19.3 Å². The van der Waals surface area contributed by atoms with E-state index in [0.717, 1.165) is 18.4 Å². The molecule has 0 aromatic carbocycles. The molecule has 13 heteroatoms. The Labute approximate surface area is 224 Å². The SMILES string of the molecule is CN1C[C@@H](OC(=O)N2CCN(c3nc4c(-c5cccnc5OC5CCOCC5)cnn4cc3F)CC2)CC1=O. The highest BCUT2D eigenvalue weighted by molar-refractivity contribution is 5.81. The van der Waals surface area contributed by atoms with Gasteiger partial charge in [-0.25, -0.2) is 23.7 Å². The van der Waals surface area contributed by atoms with E-state index < -0.39 is 18.0 Å². The maximum atomic E-state index is 15.1. The van der Waals surface area contributed by atoms with E-state index in [-0.39, 0.29) is 24.2 Å². The molecular weight excluding hydrogens is 509 g/mol. The number of ether oxygens (including phenoxy) is 3. The van der Waals surface area contributed by atoms with Gasteiger partial charge in [0.25, 0.3) is 0 Å². The molecule has 0 bridgehead atoms. The lowest BCUT2D eigenvalue weighted by atomic mass is 10.1. The van der Waals surface area contributed by atoms with Crippen molar-refractivity contribution in [3.8, 4) is 17.0 Å². The fourth-order valence-corrected chi connectivity index (χ4v) is 5.15. The molecule has 2 amide bonds. The lowest BCUT2D eigenvalue weighted by molar-refractivity contribution is -0.126. The second kappa shape index (κ2) is 10.6. The Hall–Kier alpha value is -4.00. The summed E-state index contributed by atoms with van der Waals surface area (Å²) in [5, 5.41) is 4.32. The quantitative estimate of drug-likeness (QED) is 0.480. The van der Waals surface area contributed by atoms with E-state index >= 15 is 4.39 Å². The summed E-state index contributed by atoms with van der Waals surface area (Å²) in [5.41, 5.74) is 1.89. The second-order valence-electron chi connectivity index (χ2n) is 9.98. The summed E-state index contributed by atoms with van der Waals surface area (Å²) in [7, 11) is 1.69. The van der Waals surface area contributed by atoms with E-state index in [2.05, 4.69) is 15.1 Å². The van der Waals surface area contributed by atoms with Crippen LogP contribution >= 0.6 is 0 Å². The summed E-state index contributed by atoms with van der Waals surface area (Å²) in [6.45, 7) is 3.15. The molecule has 0 saturated carbocycles. The summed E-state index contributed by atoms with van der Waals surface area (Å²) >= 11 is 0. The van der Waals surface area contributed by atoms with E-state index in [1.165, 1.54) is 10.7 Å². The van der Waals surface area contributed by atoms with Crippen molar-refractivity contribution in [2.24, 2.45) is 0 Å². The molecule has 0 N–H and O–H groups in total. The number of nitrogens with zero attached hydrogens (tertiary/aromatic N) is 7. The Bertz CT molecular complexity index is 1370. The molecule has 3 aliphatic heterocycles. The molecule has 0 unspecified atom stereocenters. The molecule has 0 spiro atoms. The van der Waals surface area contributed by atoms with Gasteiger partial charge < -0.3 is 28.9 Å². The number of carbonyl (C=O) groups is 2. The van der Waals surface area contributed by atoms with E-state index in [0.29, 0.717) is 63.0 Å².